The van der Waals surface area contributed by atoms with E-state index in [-0.39, 0.29) is 19.1 Å². The maximum atomic E-state index is 12.2. The van der Waals surface area contributed by atoms with Gasteiger partial charge in [-0.1, -0.05) is 60.5 Å². The minimum absolute atomic E-state index is 0.0254. The Hall–Kier alpha value is -3.37. The number of halogens is 2. The first kappa shape index (κ1) is 29.1. The van der Waals surface area contributed by atoms with E-state index in [4.69, 9.17) is 48.9 Å². The van der Waals surface area contributed by atoms with E-state index in [1.807, 2.05) is 78.0 Å². The van der Waals surface area contributed by atoms with Gasteiger partial charge in [-0.25, -0.2) is 4.98 Å². The molecule has 216 valence electrons. The number of nitrogens with two attached hydrogens (primary N) is 1. The summed E-state index contributed by atoms with van der Waals surface area (Å²) in [6.45, 7) is 4.48. The van der Waals surface area contributed by atoms with Crippen LogP contribution in [0.15, 0.2) is 54.6 Å². The van der Waals surface area contributed by atoms with Crippen LogP contribution in [0.25, 0.3) is 28.0 Å². The van der Waals surface area contributed by atoms with E-state index in [9.17, 15) is 4.79 Å². The van der Waals surface area contributed by atoms with E-state index in [0.717, 1.165) is 28.3 Å². The number of aromatic nitrogens is 3. The number of fused-ring (bicyclic) bond motifs is 1. The number of benzene rings is 2. The van der Waals surface area contributed by atoms with Crippen molar-refractivity contribution in [1.82, 2.24) is 14.6 Å². The van der Waals surface area contributed by atoms with E-state index in [1.165, 1.54) is 0 Å². The normalized spacial score (nSPS) is 14.9. The molecule has 4 aromatic rings. The fourth-order valence-corrected chi connectivity index (χ4v) is 5.44. The fourth-order valence-electron chi connectivity index (χ4n) is 5.09. The number of aliphatic hydroxyl groups excluding tert-OH is 1. The standard InChI is InChI=1S/C30H34Cl2N6O3/c1-30(29(33)40)11-13-37(14-12-30)25-19-24(36(2)15-17-41-18-16-39)34-28-26(20-7-9-21(31)10-8-20)27(35-38(25)28)22-5-3-4-6-23(22)32/h3-10,19,39H,11-18H2,1-2H3,(H2,33,40). The number of likely N-dealkylation sites (N-methyl/N-ethyl adjacent to an activating group) is 1. The molecule has 0 unspecified atom stereocenters. The number of piperidine rings is 1. The van der Waals surface area contributed by atoms with Gasteiger partial charge in [0.1, 0.15) is 17.3 Å². The summed E-state index contributed by atoms with van der Waals surface area (Å²) in [5.41, 5.74) is 9.10. The number of primary amides is 1. The average Bonchev–Trinajstić information content (AvgIpc) is 3.35. The molecule has 5 rings (SSSR count). The highest BCUT2D eigenvalue weighted by molar-refractivity contribution is 6.33. The van der Waals surface area contributed by atoms with Crippen LogP contribution in [0.4, 0.5) is 11.6 Å². The Morgan fingerprint density at radius 3 is 2.49 bits per heavy atom. The molecule has 9 nitrogen and oxygen atoms in total. The van der Waals surface area contributed by atoms with Crippen molar-refractivity contribution in [2.75, 3.05) is 56.3 Å². The molecule has 0 spiro atoms. The molecule has 1 amide bonds. The van der Waals surface area contributed by atoms with Crippen molar-refractivity contribution in [3.63, 3.8) is 0 Å². The van der Waals surface area contributed by atoms with Crippen LogP contribution in [-0.4, -0.2) is 72.1 Å². The molecule has 3 N–H and O–H groups in total. The summed E-state index contributed by atoms with van der Waals surface area (Å²) in [6, 6.07) is 17.3. The molecule has 0 aliphatic carbocycles. The minimum atomic E-state index is -0.548. The third-order valence-electron chi connectivity index (χ3n) is 7.80. The Kier molecular flexibility index (Phi) is 8.70. The van der Waals surface area contributed by atoms with Gasteiger partial charge in [0.05, 0.1) is 30.4 Å². The first-order valence-electron chi connectivity index (χ1n) is 13.6. The van der Waals surface area contributed by atoms with Crippen LogP contribution in [0.1, 0.15) is 19.8 Å². The van der Waals surface area contributed by atoms with Gasteiger partial charge in [-0.2, -0.15) is 9.61 Å². The third kappa shape index (κ3) is 5.99. The van der Waals surface area contributed by atoms with Gasteiger partial charge >= 0.3 is 0 Å². The second kappa shape index (κ2) is 12.2. The quantitative estimate of drug-likeness (QED) is 0.250. The third-order valence-corrected chi connectivity index (χ3v) is 8.38. The molecule has 0 saturated carbocycles. The van der Waals surface area contributed by atoms with Crippen LogP contribution >= 0.6 is 23.2 Å². The maximum absolute atomic E-state index is 12.2. The molecule has 2 aromatic carbocycles. The van der Waals surface area contributed by atoms with E-state index in [1.54, 1.807) is 0 Å². The van der Waals surface area contributed by atoms with Gasteiger partial charge in [0.15, 0.2) is 5.65 Å². The first-order chi connectivity index (χ1) is 19.7. The Balaban J connectivity index is 1.69. The largest absolute Gasteiger partial charge is 0.394 e. The number of anilines is 2. The zero-order valence-corrected chi connectivity index (χ0v) is 24.7. The van der Waals surface area contributed by atoms with Gasteiger partial charge in [-0.3, -0.25) is 4.79 Å². The molecule has 11 heteroatoms. The lowest BCUT2D eigenvalue weighted by molar-refractivity contribution is -0.127. The van der Waals surface area contributed by atoms with Gasteiger partial charge in [0.25, 0.3) is 0 Å². The molecule has 2 aromatic heterocycles. The number of ether oxygens (including phenoxy) is 1. The van der Waals surface area contributed by atoms with Crippen LogP contribution in [0.3, 0.4) is 0 Å². The number of amides is 1. The van der Waals surface area contributed by atoms with E-state index < -0.39 is 5.41 Å². The molecule has 0 atom stereocenters. The first-order valence-corrected chi connectivity index (χ1v) is 14.4. The van der Waals surface area contributed by atoms with Crippen molar-refractivity contribution in [1.29, 1.82) is 0 Å². The summed E-state index contributed by atoms with van der Waals surface area (Å²) in [5.74, 6) is 1.32. The van der Waals surface area contributed by atoms with Crippen molar-refractivity contribution in [2.24, 2.45) is 11.1 Å². The van der Waals surface area contributed by atoms with Gasteiger partial charge < -0.3 is 25.4 Å². The topological polar surface area (TPSA) is 109 Å². The number of carbonyl (C=O) groups is 1. The Morgan fingerprint density at radius 1 is 1.12 bits per heavy atom. The number of carbonyl (C=O) groups excluding carboxylic acids is 1. The fraction of sp³-hybridized carbons (Fsp3) is 0.367. The smallest absolute Gasteiger partial charge is 0.223 e. The lowest BCUT2D eigenvalue weighted by Gasteiger charge is -2.38. The van der Waals surface area contributed by atoms with Gasteiger partial charge in [0, 0.05) is 48.7 Å². The second-order valence-electron chi connectivity index (χ2n) is 10.6. The highest BCUT2D eigenvalue weighted by Gasteiger charge is 2.36. The summed E-state index contributed by atoms with van der Waals surface area (Å²) in [4.78, 5) is 21.5. The molecule has 3 heterocycles. The number of rotatable bonds is 10. The molecule has 1 aliphatic heterocycles. The number of nitrogens with zero attached hydrogens (tertiary/aromatic N) is 5. The van der Waals surface area contributed by atoms with Crippen LogP contribution < -0.4 is 15.5 Å². The van der Waals surface area contributed by atoms with Gasteiger partial charge in [-0.15, -0.1) is 0 Å². The zero-order valence-electron chi connectivity index (χ0n) is 23.2. The van der Waals surface area contributed by atoms with Crippen LogP contribution in [0, 0.1) is 5.41 Å². The molecule has 1 aliphatic rings. The van der Waals surface area contributed by atoms with E-state index >= 15 is 0 Å². The monoisotopic (exact) mass is 596 g/mol. The number of aliphatic hydroxyl groups is 1. The summed E-state index contributed by atoms with van der Waals surface area (Å²) < 4.78 is 7.39. The number of hydrogen-bond donors (Lipinski definition) is 2. The second-order valence-corrected chi connectivity index (χ2v) is 11.4. The van der Waals surface area contributed by atoms with E-state index in [0.29, 0.717) is 60.5 Å². The lowest BCUT2D eigenvalue weighted by atomic mass is 9.80. The van der Waals surface area contributed by atoms with Crippen molar-refractivity contribution < 1.29 is 14.6 Å². The SMILES string of the molecule is CN(CCOCCO)c1cc(N2CCC(C)(C(N)=O)CC2)n2nc(-c3ccccc3Cl)c(-c3ccc(Cl)cc3)c2n1. The summed E-state index contributed by atoms with van der Waals surface area (Å²) in [5, 5.41) is 15.4. The van der Waals surface area contributed by atoms with Crippen molar-refractivity contribution in [3.05, 3.63) is 64.6 Å². The lowest BCUT2D eigenvalue weighted by Crippen LogP contribution is -2.46. The summed E-state index contributed by atoms with van der Waals surface area (Å²) in [6.07, 6.45) is 1.27. The molecule has 0 radical (unpaired) electrons. The Morgan fingerprint density at radius 2 is 1.83 bits per heavy atom. The van der Waals surface area contributed by atoms with E-state index in [2.05, 4.69) is 4.90 Å². The van der Waals surface area contributed by atoms with Crippen molar-refractivity contribution in [2.45, 2.75) is 19.8 Å². The number of hydrogen-bond acceptors (Lipinski definition) is 7. The maximum Gasteiger partial charge on any atom is 0.223 e. The molecular weight excluding hydrogens is 563 g/mol. The molecule has 41 heavy (non-hydrogen) atoms. The van der Waals surface area contributed by atoms with Crippen molar-refractivity contribution in [3.8, 4) is 22.4 Å². The van der Waals surface area contributed by atoms with Crippen LogP contribution in [-0.2, 0) is 9.53 Å². The van der Waals surface area contributed by atoms with Gasteiger partial charge in [0.2, 0.25) is 5.91 Å². The van der Waals surface area contributed by atoms with Crippen molar-refractivity contribution >= 4 is 46.4 Å². The Labute approximate surface area is 249 Å². The zero-order chi connectivity index (χ0) is 29.1. The average molecular weight is 598 g/mol. The molecule has 1 fully saturated rings. The van der Waals surface area contributed by atoms with Gasteiger partial charge in [-0.05, 0) is 36.6 Å². The predicted octanol–water partition coefficient (Wildman–Crippen LogP) is 4.91. The van der Waals surface area contributed by atoms with Crippen LogP contribution in [0.2, 0.25) is 10.0 Å². The van der Waals surface area contributed by atoms with Crippen LogP contribution in [0.5, 0.6) is 0 Å². The highest BCUT2D eigenvalue weighted by Crippen LogP contribution is 2.41. The summed E-state index contributed by atoms with van der Waals surface area (Å²) >= 11 is 13.0. The minimum Gasteiger partial charge on any atom is -0.394 e. The highest BCUT2D eigenvalue weighted by atomic mass is 35.5. The predicted molar refractivity (Wildman–Crippen MR) is 164 cm³/mol. The Bertz CT molecular complexity index is 1530. The molecule has 0 bridgehead atoms. The summed E-state index contributed by atoms with van der Waals surface area (Å²) in [7, 11) is 1.96. The molecule has 1 saturated heterocycles. The molecular formula is C30H34Cl2N6O3.